The van der Waals surface area contributed by atoms with E-state index in [0.717, 1.165) is 28.9 Å². The van der Waals surface area contributed by atoms with Gasteiger partial charge >= 0.3 is 0 Å². The van der Waals surface area contributed by atoms with Crippen LogP contribution in [-0.2, 0) is 0 Å². The smallest absolute Gasteiger partial charge is 0.254 e. The Labute approximate surface area is 194 Å². The van der Waals surface area contributed by atoms with E-state index in [-0.39, 0.29) is 11.9 Å². The van der Waals surface area contributed by atoms with E-state index in [0.29, 0.717) is 10.6 Å². The van der Waals surface area contributed by atoms with Gasteiger partial charge in [0.1, 0.15) is 0 Å². The molecule has 4 rings (SSSR count). The zero-order valence-corrected chi connectivity index (χ0v) is 19.4. The molecule has 1 amide bonds. The monoisotopic (exact) mass is 442 g/mol. The molecule has 0 fully saturated rings. The third kappa shape index (κ3) is 4.49. The Hall–Kier alpha value is -3.30. The summed E-state index contributed by atoms with van der Waals surface area (Å²) in [5.41, 5.74) is 5.04. The molecule has 0 bridgehead atoms. The Morgan fingerprint density at radius 3 is 2.25 bits per heavy atom. The summed E-state index contributed by atoms with van der Waals surface area (Å²) in [6.07, 6.45) is 0. The number of rotatable bonds is 6. The molecule has 4 aromatic carbocycles. The van der Waals surface area contributed by atoms with Gasteiger partial charge in [0.15, 0.2) is 0 Å². The SMILES string of the molecule is CCNc1ccc2c(C(C)N(C)C(=O)c3ccc(-c4ccc(Cl)cc4)cc3)cccc2c1. The minimum atomic E-state index is -0.0628. The molecule has 0 aliphatic carbocycles. The first kappa shape index (κ1) is 21.9. The third-order valence-corrected chi connectivity index (χ3v) is 6.21. The zero-order valence-electron chi connectivity index (χ0n) is 18.6. The number of hydrogen-bond donors (Lipinski definition) is 1. The Balaban J connectivity index is 1.56. The van der Waals surface area contributed by atoms with Crippen molar-refractivity contribution in [1.82, 2.24) is 4.90 Å². The number of carbonyl (C=O) groups excluding carboxylic acids is 1. The highest BCUT2D eigenvalue weighted by Gasteiger charge is 2.20. The van der Waals surface area contributed by atoms with E-state index in [1.165, 1.54) is 10.8 Å². The van der Waals surface area contributed by atoms with Gasteiger partial charge in [0.25, 0.3) is 5.91 Å². The van der Waals surface area contributed by atoms with Gasteiger partial charge in [-0.05, 0) is 77.7 Å². The van der Waals surface area contributed by atoms with Gasteiger partial charge in [-0.15, -0.1) is 0 Å². The van der Waals surface area contributed by atoms with Crippen LogP contribution >= 0.6 is 11.6 Å². The minimum absolute atomic E-state index is 0.00132. The van der Waals surface area contributed by atoms with Crippen LogP contribution < -0.4 is 5.32 Å². The number of nitrogens with zero attached hydrogens (tertiary/aromatic N) is 1. The minimum Gasteiger partial charge on any atom is -0.385 e. The maximum absolute atomic E-state index is 13.2. The fourth-order valence-corrected chi connectivity index (χ4v) is 4.15. The van der Waals surface area contributed by atoms with Crippen molar-refractivity contribution < 1.29 is 4.79 Å². The van der Waals surface area contributed by atoms with Crippen LogP contribution in [0, 0.1) is 0 Å². The molecule has 0 saturated carbocycles. The topological polar surface area (TPSA) is 32.3 Å². The standard InChI is InChI=1S/C28H27ClN2O/c1-4-30-25-16-17-27-23(18-25)6-5-7-26(27)19(2)31(3)28(32)22-10-8-20(9-11-22)21-12-14-24(29)15-13-21/h5-19,30H,4H2,1-3H3. The molecule has 4 aromatic rings. The molecule has 3 nitrogen and oxygen atoms in total. The maximum atomic E-state index is 13.2. The molecular formula is C28H27ClN2O. The third-order valence-electron chi connectivity index (χ3n) is 5.96. The summed E-state index contributed by atoms with van der Waals surface area (Å²) < 4.78 is 0. The van der Waals surface area contributed by atoms with Crippen molar-refractivity contribution in [3.63, 3.8) is 0 Å². The summed E-state index contributed by atoms with van der Waals surface area (Å²) in [5.74, 6) is 0.00132. The lowest BCUT2D eigenvalue weighted by atomic mass is 9.97. The number of fused-ring (bicyclic) bond motifs is 1. The van der Waals surface area contributed by atoms with E-state index in [1.54, 1.807) is 0 Å². The fraction of sp³-hybridized carbons (Fsp3) is 0.179. The first-order chi connectivity index (χ1) is 15.5. The van der Waals surface area contributed by atoms with Crippen LogP contribution in [0.25, 0.3) is 21.9 Å². The summed E-state index contributed by atoms with van der Waals surface area (Å²) in [7, 11) is 1.87. The second-order valence-electron chi connectivity index (χ2n) is 7.99. The van der Waals surface area contributed by atoms with E-state index in [9.17, 15) is 4.79 Å². The van der Waals surface area contributed by atoms with E-state index in [1.807, 2.05) is 60.5 Å². The van der Waals surface area contributed by atoms with E-state index < -0.39 is 0 Å². The molecule has 1 unspecified atom stereocenters. The van der Waals surface area contributed by atoms with Gasteiger partial charge in [-0.1, -0.05) is 60.1 Å². The Bertz CT molecular complexity index is 1230. The Morgan fingerprint density at radius 1 is 0.938 bits per heavy atom. The average molecular weight is 443 g/mol. The molecule has 0 saturated heterocycles. The maximum Gasteiger partial charge on any atom is 0.254 e. The van der Waals surface area contributed by atoms with Crippen molar-refractivity contribution in [2.45, 2.75) is 19.9 Å². The summed E-state index contributed by atoms with van der Waals surface area (Å²) in [6, 6.07) is 28.1. The van der Waals surface area contributed by atoms with E-state index in [2.05, 4.69) is 55.6 Å². The molecule has 0 aromatic heterocycles. The van der Waals surface area contributed by atoms with Gasteiger partial charge in [0.05, 0.1) is 6.04 Å². The average Bonchev–Trinajstić information content (AvgIpc) is 2.83. The van der Waals surface area contributed by atoms with Crippen LogP contribution in [0.4, 0.5) is 5.69 Å². The van der Waals surface area contributed by atoms with Crippen LogP contribution in [0.2, 0.25) is 5.02 Å². The molecule has 162 valence electrons. The Kier molecular flexibility index (Phi) is 6.48. The fourth-order valence-electron chi connectivity index (χ4n) is 4.02. The number of nitrogens with one attached hydrogen (secondary N) is 1. The number of carbonyl (C=O) groups is 1. The second kappa shape index (κ2) is 9.46. The molecule has 32 heavy (non-hydrogen) atoms. The Morgan fingerprint density at radius 2 is 1.59 bits per heavy atom. The lowest BCUT2D eigenvalue weighted by Crippen LogP contribution is -2.29. The number of amides is 1. The molecule has 1 atom stereocenters. The van der Waals surface area contributed by atoms with Gasteiger partial charge in [0, 0.05) is 29.9 Å². The van der Waals surface area contributed by atoms with Gasteiger partial charge in [0.2, 0.25) is 0 Å². The molecule has 0 radical (unpaired) electrons. The predicted molar refractivity (Wildman–Crippen MR) is 136 cm³/mol. The van der Waals surface area contributed by atoms with Crippen molar-refractivity contribution in [3.05, 3.63) is 101 Å². The van der Waals surface area contributed by atoms with Crippen LogP contribution in [0.15, 0.2) is 84.9 Å². The first-order valence-corrected chi connectivity index (χ1v) is 11.3. The molecule has 0 heterocycles. The summed E-state index contributed by atoms with van der Waals surface area (Å²) in [5, 5.41) is 6.40. The number of halogens is 1. The lowest BCUT2D eigenvalue weighted by Gasteiger charge is -2.27. The summed E-state index contributed by atoms with van der Waals surface area (Å²) in [6.45, 7) is 5.05. The molecule has 0 spiro atoms. The highest BCUT2D eigenvalue weighted by Crippen LogP contribution is 2.30. The lowest BCUT2D eigenvalue weighted by molar-refractivity contribution is 0.0743. The number of hydrogen-bond acceptors (Lipinski definition) is 2. The van der Waals surface area contributed by atoms with Crippen molar-refractivity contribution in [2.24, 2.45) is 0 Å². The van der Waals surface area contributed by atoms with Crippen LogP contribution in [-0.4, -0.2) is 24.4 Å². The van der Waals surface area contributed by atoms with Crippen molar-refractivity contribution >= 4 is 34.0 Å². The second-order valence-corrected chi connectivity index (χ2v) is 8.43. The van der Waals surface area contributed by atoms with Gasteiger partial charge in [-0.25, -0.2) is 0 Å². The van der Waals surface area contributed by atoms with Gasteiger partial charge in [-0.2, -0.15) is 0 Å². The van der Waals surface area contributed by atoms with Crippen LogP contribution in [0.3, 0.4) is 0 Å². The zero-order chi connectivity index (χ0) is 22.7. The molecular weight excluding hydrogens is 416 g/mol. The summed E-state index contributed by atoms with van der Waals surface area (Å²) in [4.78, 5) is 15.0. The number of anilines is 1. The first-order valence-electron chi connectivity index (χ1n) is 10.9. The quantitative estimate of drug-likeness (QED) is 0.336. The van der Waals surface area contributed by atoms with E-state index >= 15 is 0 Å². The van der Waals surface area contributed by atoms with E-state index in [4.69, 9.17) is 11.6 Å². The van der Waals surface area contributed by atoms with Crippen molar-refractivity contribution in [1.29, 1.82) is 0 Å². The van der Waals surface area contributed by atoms with Crippen molar-refractivity contribution in [2.75, 3.05) is 18.9 Å². The highest BCUT2D eigenvalue weighted by atomic mass is 35.5. The predicted octanol–water partition coefficient (Wildman–Crippen LogP) is 7.43. The molecule has 1 N–H and O–H groups in total. The van der Waals surface area contributed by atoms with Crippen LogP contribution in [0.1, 0.15) is 35.8 Å². The molecule has 0 aliphatic rings. The number of benzene rings is 4. The largest absolute Gasteiger partial charge is 0.385 e. The van der Waals surface area contributed by atoms with Crippen LogP contribution in [0.5, 0.6) is 0 Å². The van der Waals surface area contributed by atoms with Gasteiger partial charge in [-0.3, -0.25) is 4.79 Å². The molecule has 4 heteroatoms. The molecule has 0 aliphatic heterocycles. The summed E-state index contributed by atoms with van der Waals surface area (Å²) >= 11 is 5.99. The highest BCUT2D eigenvalue weighted by molar-refractivity contribution is 6.30. The normalized spacial score (nSPS) is 11.9. The van der Waals surface area contributed by atoms with Crippen molar-refractivity contribution in [3.8, 4) is 11.1 Å². The van der Waals surface area contributed by atoms with Gasteiger partial charge < -0.3 is 10.2 Å².